The normalized spacial score (nSPS) is 17.7. The van der Waals surface area contributed by atoms with Gasteiger partial charge < -0.3 is 19.3 Å². The van der Waals surface area contributed by atoms with Crippen molar-refractivity contribution in [2.45, 2.75) is 13.3 Å². The van der Waals surface area contributed by atoms with E-state index in [9.17, 15) is 4.79 Å². The summed E-state index contributed by atoms with van der Waals surface area (Å²) in [4.78, 5) is 17.0. The lowest BCUT2D eigenvalue weighted by atomic mass is 9.71. The van der Waals surface area contributed by atoms with Gasteiger partial charge in [0.25, 0.3) is 11.8 Å². The predicted molar refractivity (Wildman–Crippen MR) is 131 cm³/mol. The molecular weight excluding hydrogens is 430 g/mol. The van der Waals surface area contributed by atoms with Gasteiger partial charge in [-0.05, 0) is 29.7 Å². The maximum atomic E-state index is 12.4. The number of allylic oxidation sites excluding steroid dienone is 3. The van der Waals surface area contributed by atoms with Crippen LogP contribution in [0.4, 0.5) is 0 Å². The van der Waals surface area contributed by atoms with Crippen LogP contribution >= 0.6 is 0 Å². The zero-order valence-corrected chi connectivity index (χ0v) is 19.7. The fourth-order valence-electron chi connectivity index (χ4n) is 4.26. The van der Waals surface area contributed by atoms with Gasteiger partial charge in [0.15, 0.2) is 0 Å². The molecule has 0 spiro atoms. The Morgan fingerprint density at radius 3 is 2.62 bits per heavy atom. The van der Waals surface area contributed by atoms with Gasteiger partial charge in [-0.15, -0.1) is 0 Å². The lowest BCUT2D eigenvalue weighted by Gasteiger charge is -2.34. The Balaban J connectivity index is 1.59. The van der Waals surface area contributed by atoms with E-state index in [4.69, 9.17) is 14.0 Å². The average molecular weight is 460 g/mol. The summed E-state index contributed by atoms with van der Waals surface area (Å²) in [6, 6.07) is 17.5. The number of benzene rings is 2. The van der Waals surface area contributed by atoms with Crippen LogP contribution in [0.15, 0.2) is 71.3 Å². The molecule has 3 aromatic rings. The number of carbonyl (C=O) groups excluding carboxylic acids is 1. The molecule has 0 radical (unpaired) electrons. The third kappa shape index (κ3) is 5.16. The van der Waals surface area contributed by atoms with Crippen LogP contribution in [-0.4, -0.2) is 50.0 Å². The van der Waals surface area contributed by atoms with Crippen molar-refractivity contribution in [3.63, 3.8) is 0 Å². The second-order valence-corrected chi connectivity index (χ2v) is 8.56. The molecule has 1 atom stereocenters. The molecule has 1 unspecified atom stereocenters. The minimum atomic E-state index is -0.241. The van der Waals surface area contributed by atoms with Crippen LogP contribution in [0.2, 0.25) is 0 Å². The number of rotatable bonds is 9. The molecule has 1 aliphatic carbocycles. The molecule has 1 N–H and O–H groups in total. The molecule has 7 heteroatoms. The van der Waals surface area contributed by atoms with Crippen LogP contribution in [0.25, 0.3) is 22.5 Å². The average Bonchev–Trinajstić information content (AvgIpc) is 3.35. The summed E-state index contributed by atoms with van der Waals surface area (Å²) in [7, 11) is 3.31. The highest BCUT2D eigenvalue weighted by atomic mass is 16.5. The molecule has 1 aliphatic rings. The Bertz CT molecular complexity index is 1200. The summed E-state index contributed by atoms with van der Waals surface area (Å²) in [6.07, 6.45) is 4.85. The molecule has 0 aliphatic heterocycles. The molecule has 7 nitrogen and oxygen atoms in total. The van der Waals surface area contributed by atoms with Gasteiger partial charge in [-0.3, -0.25) is 4.79 Å². The van der Waals surface area contributed by atoms with Gasteiger partial charge in [0, 0.05) is 42.9 Å². The van der Waals surface area contributed by atoms with Crippen molar-refractivity contribution in [2.75, 3.05) is 34.0 Å². The number of carbonyl (C=O) groups is 1. The first-order valence-electron chi connectivity index (χ1n) is 11.2. The first-order valence-corrected chi connectivity index (χ1v) is 11.2. The van der Waals surface area contributed by atoms with E-state index in [0.717, 1.165) is 5.57 Å². The number of aromatic nitrogens is 2. The van der Waals surface area contributed by atoms with Gasteiger partial charge in [-0.2, -0.15) is 4.98 Å². The molecule has 1 amide bonds. The van der Waals surface area contributed by atoms with Gasteiger partial charge in [-0.1, -0.05) is 66.7 Å². The number of hydrogen-bond donors (Lipinski definition) is 1. The fraction of sp³-hybridized carbons (Fsp3) is 0.296. The monoisotopic (exact) mass is 459 g/mol. The second-order valence-electron chi connectivity index (χ2n) is 8.56. The summed E-state index contributed by atoms with van der Waals surface area (Å²) in [5.41, 5.74) is 4.34. The number of amides is 1. The first kappa shape index (κ1) is 23.6. The van der Waals surface area contributed by atoms with Crippen molar-refractivity contribution in [2.24, 2.45) is 5.41 Å². The van der Waals surface area contributed by atoms with Gasteiger partial charge >= 0.3 is 0 Å². The standard InChI is InChI=1S/C27H29N3O4/c1-27(18-33-3)17-22(12-13-23(27)19-8-5-4-6-9-19)26-29-24(30-34-26)20-10-7-11-21(16-20)25(31)28-14-15-32-2/h4-13,16H,14-15,17-18H2,1-3H3,(H,28,31). The fourth-order valence-corrected chi connectivity index (χ4v) is 4.26. The van der Waals surface area contributed by atoms with E-state index < -0.39 is 0 Å². The van der Waals surface area contributed by atoms with Crippen LogP contribution < -0.4 is 5.32 Å². The van der Waals surface area contributed by atoms with E-state index in [1.165, 1.54) is 11.1 Å². The summed E-state index contributed by atoms with van der Waals surface area (Å²) in [5.74, 6) is 0.732. The Hall–Kier alpha value is -3.55. The van der Waals surface area contributed by atoms with Crippen molar-refractivity contribution < 1.29 is 18.8 Å². The molecule has 0 saturated heterocycles. The summed E-state index contributed by atoms with van der Waals surface area (Å²) in [5, 5.41) is 7.00. The Labute approximate surface area is 199 Å². The molecule has 2 aromatic carbocycles. The molecule has 1 heterocycles. The van der Waals surface area contributed by atoms with Crippen LogP contribution in [-0.2, 0) is 9.47 Å². The van der Waals surface area contributed by atoms with E-state index in [0.29, 0.717) is 49.0 Å². The van der Waals surface area contributed by atoms with Gasteiger partial charge in [-0.25, -0.2) is 0 Å². The van der Waals surface area contributed by atoms with Crippen molar-refractivity contribution >= 4 is 17.1 Å². The van der Waals surface area contributed by atoms with Gasteiger partial charge in [0.1, 0.15) is 0 Å². The number of hydrogen-bond acceptors (Lipinski definition) is 6. The highest BCUT2D eigenvalue weighted by Gasteiger charge is 2.35. The molecule has 34 heavy (non-hydrogen) atoms. The Morgan fingerprint density at radius 2 is 1.85 bits per heavy atom. The molecule has 176 valence electrons. The van der Waals surface area contributed by atoms with Crippen LogP contribution in [0, 0.1) is 5.41 Å². The minimum absolute atomic E-state index is 0.175. The third-order valence-electron chi connectivity index (χ3n) is 5.91. The van der Waals surface area contributed by atoms with Crippen molar-refractivity contribution in [1.29, 1.82) is 0 Å². The number of ether oxygens (including phenoxy) is 2. The minimum Gasteiger partial charge on any atom is -0.384 e. The largest absolute Gasteiger partial charge is 0.384 e. The van der Waals surface area contributed by atoms with Crippen LogP contribution in [0.3, 0.4) is 0 Å². The zero-order valence-electron chi connectivity index (χ0n) is 19.7. The van der Waals surface area contributed by atoms with E-state index >= 15 is 0 Å². The predicted octanol–water partition coefficient (Wildman–Crippen LogP) is 4.64. The maximum Gasteiger partial charge on any atom is 0.254 e. The quantitative estimate of drug-likeness (QED) is 0.469. The van der Waals surface area contributed by atoms with Crippen molar-refractivity contribution in [3.05, 3.63) is 83.8 Å². The summed E-state index contributed by atoms with van der Waals surface area (Å²) < 4.78 is 16.2. The summed E-state index contributed by atoms with van der Waals surface area (Å²) in [6.45, 7) is 3.65. The van der Waals surface area contributed by atoms with Gasteiger partial charge in [0.05, 0.1) is 13.2 Å². The highest BCUT2D eigenvalue weighted by molar-refractivity contribution is 5.95. The molecule has 0 bridgehead atoms. The number of nitrogens with zero attached hydrogens (tertiary/aromatic N) is 2. The molecule has 4 rings (SSSR count). The van der Waals surface area contributed by atoms with E-state index in [1.54, 1.807) is 32.4 Å². The molecular formula is C27H29N3O4. The van der Waals surface area contributed by atoms with Gasteiger partial charge in [0.2, 0.25) is 5.82 Å². The lowest BCUT2D eigenvalue weighted by Crippen LogP contribution is -2.27. The van der Waals surface area contributed by atoms with Crippen molar-refractivity contribution in [3.8, 4) is 11.4 Å². The molecule has 1 aromatic heterocycles. The SMILES string of the molecule is COCCNC(=O)c1cccc(-c2noc(C3=CC=C(c4ccccc4)C(C)(COC)C3)n2)c1. The smallest absolute Gasteiger partial charge is 0.254 e. The number of nitrogens with one attached hydrogen (secondary N) is 1. The van der Waals surface area contributed by atoms with E-state index in [2.05, 4.69) is 40.6 Å². The van der Waals surface area contributed by atoms with E-state index in [-0.39, 0.29) is 11.3 Å². The Morgan fingerprint density at radius 1 is 1.06 bits per heavy atom. The lowest BCUT2D eigenvalue weighted by molar-refractivity contribution is 0.0937. The Kier molecular flexibility index (Phi) is 7.35. The summed E-state index contributed by atoms with van der Waals surface area (Å²) >= 11 is 0. The number of methoxy groups -OCH3 is 2. The van der Waals surface area contributed by atoms with E-state index in [1.807, 2.05) is 30.3 Å². The first-order chi connectivity index (χ1) is 16.5. The molecule has 0 saturated carbocycles. The second kappa shape index (κ2) is 10.6. The third-order valence-corrected chi connectivity index (χ3v) is 5.91. The van der Waals surface area contributed by atoms with Crippen LogP contribution in [0.5, 0.6) is 0 Å². The molecule has 0 fully saturated rings. The zero-order chi connectivity index (χ0) is 24.0. The van der Waals surface area contributed by atoms with Crippen molar-refractivity contribution in [1.82, 2.24) is 15.5 Å². The topological polar surface area (TPSA) is 86.5 Å². The maximum absolute atomic E-state index is 12.4. The highest BCUT2D eigenvalue weighted by Crippen LogP contribution is 2.45. The van der Waals surface area contributed by atoms with Crippen LogP contribution in [0.1, 0.15) is 35.2 Å².